The number of hydrogen-bond donors (Lipinski definition) is 2. The van der Waals surface area contributed by atoms with E-state index >= 15 is 0 Å². The topological polar surface area (TPSA) is 66.4 Å². The van der Waals surface area contributed by atoms with Crippen molar-refractivity contribution < 1.29 is 14.7 Å². The largest absolute Gasteiger partial charge is 0.481 e. The lowest BCUT2D eigenvalue weighted by atomic mass is 9.85. The lowest BCUT2D eigenvalue weighted by Crippen LogP contribution is -2.46. The Bertz CT molecular complexity index is 429. The number of carbonyl (C=O) groups is 2. The second-order valence-electron chi connectivity index (χ2n) is 4.65. The van der Waals surface area contributed by atoms with Gasteiger partial charge in [-0.25, -0.2) is 0 Å². The Balaban J connectivity index is 2.09. The summed E-state index contributed by atoms with van der Waals surface area (Å²) in [6, 6.07) is 1.47. The Kier molecular flexibility index (Phi) is 3.19. The third kappa shape index (κ3) is 2.20. The first-order valence-corrected chi connectivity index (χ1v) is 6.55. The van der Waals surface area contributed by atoms with Crippen molar-refractivity contribution in [2.45, 2.75) is 32.2 Å². The summed E-state index contributed by atoms with van der Waals surface area (Å²) in [4.78, 5) is 23.1. The Morgan fingerprint density at radius 1 is 1.59 bits per heavy atom. The number of carboxylic acid groups (broad SMARTS) is 1. The van der Waals surface area contributed by atoms with Crippen LogP contribution in [0.15, 0.2) is 16.8 Å². The zero-order valence-electron chi connectivity index (χ0n) is 9.60. The lowest BCUT2D eigenvalue weighted by molar-refractivity contribution is -0.148. The molecule has 2 rings (SSSR count). The molecule has 1 fully saturated rings. The van der Waals surface area contributed by atoms with E-state index in [4.69, 9.17) is 0 Å². The van der Waals surface area contributed by atoms with Crippen LogP contribution in [0.25, 0.3) is 0 Å². The van der Waals surface area contributed by atoms with E-state index in [2.05, 4.69) is 5.32 Å². The number of hydrogen-bond acceptors (Lipinski definition) is 3. The summed E-state index contributed by atoms with van der Waals surface area (Å²) in [5.41, 5.74) is -0.222. The molecule has 0 saturated heterocycles. The van der Waals surface area contributed by atoms with E-state index in [1.54, 1.807) is 18.4 Å². The molecule has 1 aromatic heterocycles. The number of carboxylic acids is 1. The molecule has 1 aliphatic carbocycles. The standard InChI is InChI=1S/C12H15NO3S/c1-12(11(15)16)5-2-3-9(12)13-10(14)8-4-6-17-7-8/h4,6-7,9H,2-3,5H2,1H3,(H,13,14)(H,15,16). The van der Waals surface area contributed by atoms with Gasteiger partial charge in [-0.1, -0.05) is 6.42 Å². The van der Waals surface area contributed by atoms with Crippen molar-refractivity contribution in [3.05, 3.63) is 22.4 Å². The number of amides is 1. The highest BCUT2D eigenvalue weighted by atomic mass is 32.1. The summed E-state index contributed by atoms with van der Waals surface area (Å²) in [6.45, 7) is 1.71. The van der Waals surface area contributed by atoms with Gasteiger partial charge in [0.15, 0.2) is 0 Å². The van der Waals surface area contributed by atoms with Crippen molar-refractivity contribution >= 4 is 23.2 Å². The van der Waals surface area contributed by atoms with Gasteiger partial charge in [-0.05, 0) is 31.2 Å². The molecule has 1 saturated carbocycles. The van der Waals surface area contributed by atoms with Gasteiger partial charge in [0.05, 0.1) is 5.41 Å². The first-order chi connectivity index (χ1) is 8.04. The first-order valence-electron chi connectivity index (χ1n) is 5.60. The second kappa shape index (κ2) is 4.49. The molecule has 2 atom stereocenters. The van der Waals surface area contributed by atoms with Crippen LogP contribution in [0.5, 0.6) is 0 Å². The van der Waals surface area contributed by atoms with E-state index in [-0.39, 0.29) is 11.9 Å². The van der Waals surface area contributed by atoms with Crippen LogP contribution in [0.3, 0.4) is 0 Å². The van der Waals surface area contributed by atoms with Gasteiger partial charge in [0.1, 0.15) is 0 Å². The van der Waals surface area contributed by atoms with Crippen LogP contribution in [0.4, 0.5) is 0 Å². The summed E-state index contributed by atoms with van der Waals surface area (Å²) in [6.07, 6.45) is 2.20. The molecule has 92 valence electrons. The van der Waals surface area contributed by atoms with E-state index in [1.807, 2.05) is 5.38 Å². The highest BCUT2D eigenvalue weighted by Gasteiger charge is 2.45. The second-order valence-corrected chi connectivity index (χ2v) is 5.43. The Morgan fingerprint density at radius 2 is 2.35 bits per heavy atom. The third-order valence-electron chi connectivity index (χ3n) is 3.54. The number of nitrogens with one attached hydrogen (secondary N) is 1. The van der Waals surface area contributed by atoms with Gasteiger partial charge in [-0.2, -0.15) is 11.3 Å². The molecule has 2 N–H and O–H groups in total. The number of rotatable bonds is 3. The number of carbonyl (C=O) groups excluding carboxylic acids is 1. The van der Waals surface area contributed by atoms with Crippen molar-refractivity contribution in [2.24, 2.45) is 5.41 Å². The third-order valence-corrected chi connectivity index (χ3v) is 4.22. The van der Waals surface area contributed by atoms with Gasteiger partial charge in [-0.15, -0.1) is 0 Å². The fraction of sp³-hybridized carbons (Fsp3) is 0.500. The smallest absolute Gasteiger partial charge is 0.311 e. The Labute approximate surface area is 104 Å². The molecule has 2 unspecified atom stereocenters. The molecule has 17 heavy (non-hydrogen) atoms. The summed E-state index contributed by atoms with van der Waals surface area (Å²) < 4.78 is 0. The predicted octanol–water partition coefficient (Wildman–Crippen LogP) is 2.12. The van der Waals surface area contributed by atoms with E-state index in [0.717, 1.165) is 12.8 Å². The maximum absolute atomic E-state index is 11.9. The molecule has 0 radical (unpaired) electrons. The van der Waals surface area contributed by atoms with Gasteiger partial charge in [0.2, 0.25) is 0 Å². The fourth-order valence-corrected chi connectivity index (χ4v) is 2.92. The van der Waals surface area contributed by atoms with Crippen molar-refractivity contribution in [1.29, 1.82) is 0 Å². The van der Waals surface area contributed by atoms with Crippen LogP contribution < -0.4 is 5.32 Å². The molecule has 0 aliphatic heterocycles. The van der Waals surface area contributed by atoms with Gasteiger partial charge in [-0.3, -0.25) is 9.59 Å². The van der Waals surface area contributed by atoms with Crippen molar-refractivity contribution in [2.75, 3.05) is 0 Å². The maximum atomic E-state index is 11.9. The number of thiophene rings is 1. The molecule has 4 nitrogen and oxygen atoms in total. The zero-order valence-corrected chi connectivity index (χ0v) is 10.4. The molecule has 1 aliphatic rings. The summed E-state index contributed by atoms with van der Waals surface area (Å²) >= 11 is 1.45. The molecule has 0 bridgehead atoms. The highest BCUT2D eigenvalue weighted by Crippen LogP contribution is 2.38. The van der Waals surface area contributed by atoms with E-state index in [9.17, 15) is 14.7 Å². The van der Waals surface area contributed by atoms with Crippen LogP contribution in [0, 0.1) is 5.41 Å². The normalized spacial score (nSPS) is 27.9. The van der Waals surface area contributed by atoms with Gasteiger partial charge < -0.3 is 10.4 Å². The minimum Gasteiger partial charge on any atom is -0.481 e. The van der Waals surface area contributed by atoms with Crippen molar-refractivity contribution in [1.82, 2.24) is 5.32 Å². The summed E-state index contributed by atoms with van der Waals surface area (Å²) in [5, 5.41) is 15.7. The van der Waals surface area contributed by atoms with Crippen molar-refractivity contribution in [3.63, 3.8) is 0 Å². The molecule has 0 aromatic carbocycles. The van der Waals surface area contributed by atoms with Crippen LogP contribution in [-0.2, 0) is 4.79 Å². The maximum Gasteiger partial charge on any atom is 0.311 e. The SMILES string of the molecule is CC1(C(=O)O)CCCC1NC(=O)c1ccsc1. The molecule has 0 spiro atoms. The van der Waals surface area contributed by atoms with Gasteiger partial charge in [0.25, 0.3) is 5.91 Å². The zero-order chi connectivity index (χ0) is 12.5. The van der Waals surface area contributed by atoms with Crippen LogP contribution >= 0.6 is 11.3 Å². The predicted molar refractivity (Wildman–Crippen MR) is 65.2 cm³/mol. The number of aliphatic carboxylic acids is 1. The van der Waals surface area contributed by atoms with Crippen molar-refractivity contribution in [3.8, 4) is 0 Å². The van der Waals surface area contributed by atoms with Gasteiger partial charge >= 0.3 is 5.97 Å². The first kappa shape index (κ1) is 12.1. The molecule has 1 amide bonds. The van der Waals surface area contributed by atoms with E-state index in [1.165, 1.54) is 11.3 Å². The molecule has 1 aromatic rings. The average Bonchev–Trinajstić information content (AvgIpc) is 2.89. The molecular weight excluding hydrogens is 238 g/mol. The lowest BCUT2D eigenvalue weighted by Gasteiger charge is -2.27. The fourth-order valence-electron chi connectivity index (χ4n) is 2.29. The summed E-state index contributed by atoms with van der Waals surface area (Å²) in [5.74, 6) is -1.00. The van der Waals surface area contributed by atoms with Gasteiger partial charge in [0, 0.05) is 17.0 Å². The monoisotopic (exact) mass is 253 g/mol. The molecule has 5 heteroatoms. The summed E-state index contributed by atoms with van der Waals surface area (Å²) in [7, 11) is 0. The van der Waals surface area contributed by atoms with E-state index < -0.39 is 11.4 Å². The van der Waals surface area contributed by atoms with Crippen LogP contribution in [-0.4, -0.2) is 23.0 Å². The molecular formula is C12H15NO3S. The Hall–Kier alpha value is -1.36. The quantitative estimate of drug-likeness (QED) is 0.867. The highest BCUT2D eigenvalue weighted by molar-refractivity contribution is 7.08. The minimum absolute atomic E-state index is 0.175. The van der Waals surface area contributed by atoms with Crippen LogP contribution in [0.2, 0.25) is 0 Å². The Morgan fingerprint density at radius 3 is 2.94 bits per heavy atom. The minimum atomic E-state index is -0.828. The average molecular weight is 253 g/mol. The van der Waals surface area contributed by atoms with Crippen LogP contribution in [0.1, 0.15) is 36.5 Å². The molecule has 1 heterocycles. The van der Waals surface area contributed by atoms with E-state index in [0.29, 0.717) is 12.0 Å².